The molecule has 2 aliphatic rings. The molecule has 37 heavy (non-hydrogen) atoms. The quantitative estimate of drug-likeness (QED) is 0.350. The molecule has 0 saturated carbocycles. The summed E-state index contributed by atoms with van der Waals surface area (Å²) < 4.78 is 10.9. The van der Waals surface area contributed by atoms with Crippen LogP contribution < -0.4 is 20.4 Å². The van der Waals surface area contributed by atoms with Crippen molar-refractivity contribution >= 4 is 52.4 Å². The molecule has 2 aromatic heterocycles. The van der Waals surface area contributed by atoms with E-state index in [0.717, 1.165) is 48.1 Å². The monoisotopic (exact) mass is 541 g/mol. The van der Waals surface area contributed by atoms with Gasteiger partial charge < -0.3 is 24.6 Å². The molecule has 10 nitrogen and oxygen atoms in total. The van der Waals surface area contributed by atoms with Crippen molar-refractivity contribution in [2.45, 2.75) is 4.90 Å². The second-order valence-corrected chi connectivity index (χ2v) is 9.60. The van der Waals surface area contributed by atoms with E-state index >= 15 is 0 Å². The van der Waals surface area contributed by atoms with Crippen LogP contribution in [0.1, 0.15) is 0 Å². The van der Waals surface area contributed by atoms with Crippen molar-refractivity contribution in [3.05, 3.63) is 47.7 Å². The number of amides is 2. The molecule has 3 aromatic rings. The van der Waals surface area contributed by atoms with Crippen LogP contribution in [0, 0.1) is 0 Å². The standard InChI is InChI=1S/C25H28ClN7O3S/c1-37-20-21(26)29-22(30-24(20)33-11-15-36-16-12-33)17-4-6-18(7-5-17)28-25(34)31-23-19(3-2-8-27-23)32-9-13-35-14-10-32/h2-8H,9-16H2,1H3,(H2,27,28,31,34). The lowest BCUT2D eigenvalue weighted by Crippen LogP contribution is -2.37. The third-order valence-electron chi connectivity index (χ3n) is 6.09. The molecule has 5 rings (SSSR count). The Morgan fingerprint density at radius 2 is 1.62 bits per heavy atom. The molecule has 194 valence electrons. The zero-order chi connectivity index (χ0) is 25.6. The van der Waals surface area contributed by atoms with Crippen LogP contribution in [0.4, 0.5) is 27.8 Å². The van der Waals surface area contributed by atoms with Crippen molar-refractivity contribution in [3.63, 3.8) is 0 Å². The molecule has 2 saturated heterocycles. The first-order chi connectivity index (χ1) is 18.1. The smallest absolute Gasteiger partial charge is 0.324 e. The predicted molar refractivity (Wildman–Crippen MR) is 147 cm³/mol. The highest BCUT2D eigenvalue weighted by atomic mass is 35.5. The SMILES string of the molecule is CSc1c(Cl)nc(-c2ccc(NC(=O)Nc3ncccc3N3CCOCC3)cc2)nc1N1CCOCC1. The maximum Gasteiger partial charge on any atom is 0.324 e. The number of carbonyl (C=O) groups is 1. The normalized spacial score (nSPS) is 15.9. The largest absolute Gasteiger partial charge is 0.378 e. The van der Waals surface area contributed by atoms with Crippen LogP contribution in [0.2, 0.25) is 5.15 Å². The molecule has 2 fully saturated rings. The van der Waals surface area contributed by atoms with E-state index in [1.54, 1.807) is 6.20 Å². The molecule has 0 bridgehead atoms. The van der Waals surface area contributed by atoms with Gasteiger partial charge in [0.1, 0.15) is 11.0 Å². The molecule has 0 radical (unpaired) electrons. The number of nitrogens with one attached hydrogen (secondary N) is 2. The van der Waals surface area contributed by atoms with Crippen LogP contribution in [0.25, 0.3) is 11.4 Å². The van der Waals surface area contributed by atoms with Gasteiger partial charge in [-0.15, -0.1) is 11.8 Å². The number of morpholine rings is 2. The van der Waals surface area contributed by atoms with Gasteiger partial charge in [0.15, 0.2) is 11.6 Å². The first kappa shape index (κ1) is 25.5. The summed E-state index contributed by atoms with van der Waals surface area (Å²) in [4.78, 5) is 31.6. The maximum absolute atomic E-state index is 12.7. The van der Waals surface area contributed by atoms with Crippen molar-refractivity contribution in [1.82, 2.24) is 15.0 Å². The third-order valence-corrected chi connectivity index (χ3v) is 7.26. The Kier molecular flexibility index (Phi) is 8.24. The van der Waals surface area contributed by atoms with Gasteiger partial charge in [-0.25, -0.2) is 19.7 Å². The van der Waals surface area contributed by atoms with E-state index in [-0.39, 0.29) is 6.03 Å². The number of halogens is 1. The molecule has 2 N–H and O–H groups in total. The number of hydrogen-bond donors (Lipinski definition) is 2. The highest BCUT2D eigenvalue weighted by Gasteiger charge is 2.21. The molecular weight excluding hydrogens is 514 g/mol. The van der Waals surface area contributed by atoms with Gasteiger partial charge in [0.05, 0.1) is 37.0 Å². The number of anilines is 4. The molecule has 0 atom stereocenters. The van der Waals surface area contributed by atoms with Gasteiger partial charge >= 0.3 is 6.03 Å². The molecular formula is C25H28ClN7O3S. The van der Waals surface area contributed by atoms with E-state index < -0.39 is 0 Å². The number of aromatic nitrogens is 3. The van der Waals surface area contributed by atoms with E-state index in [1.807, 2.05) is 42.7 Å². The number of pyridine rings is 1. The van der Waals surface area contributed by atoms with Crippen molar-refractivity contribution in [2.24, 2.45) is 0 Å². The number of ether oxygens (including phenoxy) is 2. The highest BCUT2D eigenvalue weighted by Crippen LogP contribution is 2.35. The lowest BCUT2D eigenvalue weighted by Gasteiger charge is -2.29. The van der Waals surface area contributed by atoms with Gasteiger partial charge in [-0.1, -0.05) is 11.6 Å². The number of nitrogens with zero attached hydrogens (tertiary/aromatic N) is 5. The number of hydrogen-bond acceptors (Lipinski definition) is 9. The summed E-state index contributed by atoms with van der Waals surface area (Å²) in [6.07, 6.45) is 3.63. The van der Waals surface area contributed by atoms with Crippen LogP contribution in [0.3, 0.4) is 0 Å². The Bertz CT molecular complexity index is 1240. The average Bonchev–Trinajstić information content (AvgIpc) is 2.94. The highest BCUT2D eigenvalue weighted by molar-refractivity contribution is 7.98. The van der Waals surface area contributed by atoms with Crippen LogP contribution in [0.15, 0.2) is 47.5 Å². The number of benzene rings is 1. The van der Waals surface area contributed by atoms with Crippen molar-refractivity contribution in [3.8, 4) is 11.4 Å². The Morgan fingerprint density at radius 1 is 0.946 bits per heavy atom. The number of rotatable bonds is 6. The molecule has 0 spiro atoms. The molecule has 1 aromatic carbocycles. The molecule has 12 heteroatoms. The predicted octanol–water partition coefficient (Wildman–Crippen LogP) is 4.23. The van der Waals surface area contributed by atoms with Crippen molar-refractivity contribution < 1.29 is 14.3 Å². The lowest BCUT2D eigenvalue weighted by molar-refractivity contribution is 0.122. The van der Waals surface area contributed by atoms with Crippen LogP contribution in [0.5, 0.6) is 0 Å². The summed E-state index contributed by atoms with van der Waals surface area (Å²) >= 11 is 8.07. The van der Waals surface area contributed by atoms with E-state index in [1.165, 1.54) is 11.8 Å². The zero-order valence-electron chi connectivity index (χ0n) is 20.4. The number of thioether (sulfide) groups is 1. The third kappa shape index (κ3) is 6.07. The van der Waals surface area contributed by atoms with Gasteiger partial charge in [-0.2, -0.15) is 0 Å². The zero-order valence-corrected chi connectivity index (χ0v) is 22.0. The van der Waals surface area contributed by atoms with Crippen LogP contribution >= 0.6 is 23.4 Å². The molecule has 4 heterocycles. The fraction of sp³-hybridized carbons (Fsp3) is 0.360. The summed E-state index contributed by atoms with van der Waals surface area (Å²) in [5.74, 6) is 1.86. The Labute approximate surface area is 224 Å². The van der Waals surface area contributed by atoms with Crippen molar-refractivity contribution in [2.75, 3.05) is 79.3 Å². The van der Waals surface area contributed by atoms with E-state index in [9.17, 15) is 4.79 Å². The summed E-state index contributed by atoms with van der Waals surface area (Å²) in [5, 5.41) is 6.15. The lowest BCUT2D eigenvalue weighted by atomic mass is 10.2. The summed E-state index contributed by atoms with van der Waals surface area (Å²) in [6, 6.07) is 10.8. The molecule has 0 aliphatic carbocycles. The number of urea groups is 1. The fourth-order valence-electron chi connectivity index (χ4n) is 4.23. The number of carbonyl (C=O) groups excluding carboxylic acids is 1. The second kappa shape index (κ2) is 12.0. The van der Waals surface area contributed by atoms with Gasteiger partial charge in [-0.05, 0) is 42.7 Å². The molecule has 2 aliphatic heterocycles. The van der Waals surface area contributed by atoms with Gasteiger partial charge in [0.2, 0.25) is 0 Å². The Balaban J connectivity index is 1.29. The maximum atomic E-state index is 12.7. The first-order valence-corrected chi connectivity index (χ1v) is 13.6. The van der Waals surface area contributed by atoms with Gasteiger partial charge in [0, 0.05) is 43.6 Å². The average molecular weight is 542 g/mol. The Hall–Kier alpha value is -3.12. The summed E-state index contributed by atoms with van der Waals surface area (Å²) in [6.45, 7) is 5.61. The fourth-order valence-corrected chi connectivity index (χ4v) is 5.20. The van der Waals surface area contributed by atoms with Crippen LogP contribution in [-0.2, 0) is 9.47 Å². The van der Waals surface area contributed by atoms with E-state index in [4.69, 9.17) is 26.1 Å². The second-order valence-electron chi connectivity index (χ2n) is 8.42. The minimum Gasteiger partial charge on any atom is -0.378 e. The molecule has 0 unspecified atom stereocenters. The summed E-state index contributed by atoms with van der Waals surface area (Å²) in [7, 11) is 0. The minimum atomic E-state index is -0.376. The summed E-state index contributed by atoms with van der Waals surface area (Å²) in [5.41, 5.74) is 2.30. The Morgan fingerprint density at radius 3 is 2.30 bits per heavy atom. The van der Waals surface area contributed by atoms with E-state index in [0.29, 0.717) is 48.9 Å². The van der Waals surface area contributed by atoms with Gasteiger partial charge in [0.25, 0.3) is 0 Å². The topological polar surface area (TPSA) is 105 Å². The van der Waals surface area contributed by atoms with Crippen molar-refractivity contribution in [1.29, 1.82) is 0 Å². The van der Waals surface area contributed by atoms with Crippen LogP contribution in [-0.4, -0.2) is 79.8 Å². The van der Waals surface area contributed by atoms with E-state index in [2.05, 4.69) is 30.4 Å². The first-order valence-electron chi connectivity index (χ1n) is 12.0. The van der Waals surface area contributed by atoms with Gasteiger partial charge in [-0.3, -0.25) is 5.32 Å². The molecule has 2 amide bonds. The minimum absolute atomic E-state index is 0.376.